The molecule has 1 aliphatic heterocycles. The molecule has 0 aromatic rings. The Morgan fingerprint density at radius 1 is 1.69 bits per heavy atom. The Morgan fingerprint density at radius 3 is 2.92 bits per heavy atom. The summed E-state index contributed by atoms with van der Waals surface area (Å²) < 4.78 is 0. The zero-order chi connectivity index (χ0) is 9.84. The summed E-state index contributed by atoms with van der Waals surface area (Å²) in [5, 5.41) is 3.33. The molecule has 0 bridgehead atoms. The first-order chi connectivity index (χ1) is 6.15. The number of hydrogen-bond acceptors (Lipinski definition) is 2. The first kappa shape index (κ1) is 10.5. The predicted molar refractivity (Wildman–Crippen MR) is 53.5 cm³/mol. The van der Waals surface area contributed by atoms with Crippen molar-refractivity contribution in [3.63, 3.8) is 0 Å². The molecule has 0 aromatic heterocycles. The van der Waals surface area contributed by atoms with Gasteiger partial charge in [-0.05, 0) is 13.3 Å². The van der Waals surface area contributed by atoms with Gasteiger partial charge in [-0.3, -0.25) is 4.79 Å². The molecule has 76 valence electrons. The van der Waals surface area contributed by atoms with Crippen molar-refractivity contribution in [3.05, 3.63) is 0 Å². The van der Waals surface area contributed by atoms with Gasteiger partial charge in [-0.25, -0.2) is 0 Å². The van der Waals surface area contributed by atoms with Gasteiger partial charge in [0.1, 0.15) is 0 Å². The number of carbonyl (C=O) groups excluding carboxylic acids is 1. The highest BCUT2D eigenvalue weighted by Gasteiger charge is 2.23. The van der Waals surface area contributed by atoms with Crippen LogP contribution in [-0.4, -0.2) is 36.5 Å². The van der Waals surface area contributed by atoms with Crippen LogP contribution in [0.5, 0.6) is 0 Å². The average molecular weight is 184 g/mol. The Balaban J connectivity index is 2.46. The second-order valence-corrected chi connectivity index (χ2v) is 3.95. The van der Waals surface area contributed by atoms with Gasteiger partial charge in [0.25, 0.3) is 0 Å². The van der Waals surface area contributed by atoms with E-state index in [4.69, 9.17) is 0 Å². The molecule has 1 N–H and O–H groups in total. The van der Waals surface area contributed by atoms with Crippen LogP contribution in [0.25, 0.3) is 0 Å². The minimum atomic E-state index is 0.185. The third-order valence-electron chi connectivity index (χ3n) is 2.71. The van der Waals surface area contributed by atoms with E-state index in [0.29, 0.717) is 11.9 Å². The summed E-state index contributed by atoms with van der Waals surface area (Å²) in [5.41, 5.74) is 0. The van der Waals surface area contributed by atoms with E-state index in [1.807, 2.05) is 11.8 Å². The minimum absolute atomic E-state index is 0.185. The van der Waals surface area contributed by atoms with Crippen LogP contribution in [0.3, 0.4) is 0 Å². The van der Waals surface area contributed by atoms with E-state index in [1.165, 1.54) is 0 Å². The number of nitrogens with one attached hydrogen (secondary N) is 1. The molecule has 13 heavy (non-hydrogen) atoms. The maximum atomic E-state index is 11.8. The molecule has 0 unspecified atom stereocenters. The first-order valence-corrected chi connectivity index (χ1v) is 5.17. The molecule has 1 rings (SSSR count). The van der Waals surface area contributed by atoms with Gasteiger partial charge in [0.2, 0.25) is 5.91 Å². The Kier molecular flexibility index (Phi) is 3.72. The lowest BCUT2D eigenvalue weighted by Crippen LogP contribution is -2.52. The minimum Gasteiger partial charge on any atom is -0.340 e. The quantitative estimate of drug-likeness (QED) is 0.690. The van der Waals surface area contributed by atoms with Crippen LogP contribution >= 0.6 is 0 Å². The fourth-order valence-electron chi connectivity index (χ4n) is 1.62. The van der Waals surface area contributed by atoms with E-state index in [2.05, 4.69) is 19.2 Å². The smallest absolute Gasteiger partial charge is 0.225 e. The summed E-state index contributed by atoms with van der Waals surface area (Å²) in [7, 11) is 0. The molecule has 1 amide bonds. The van der Waals surface area contributed by atoms with Gasteiger partial charge in [0, 0.05) is 31.6 Å². The molecular weight excluding hydrogens is 164 g/mol. The van der Waals surface area contributed by atoms with Gasteiger partial charge >= 0.3 is 0 Å². The third-order valence-corrected chi connectivity index (χ3v) is 2.71. The van der Waals surface area contributed by atoms with Crippen molar-refractivity contribution in [2.45, 2.75) is 33.2 Å². The molecule has 1 aliphatic rings. The maximum Gasteiger partial charge on any atom is 0.225 e. The number of rotatable bonds is 2. The lowest BCUT2D eigenvalue weighted by molar-refractivity contribution is -0.136. The van der Waals surface area contributed by atoms with Crippen molar-refractivity contribution in [2.24, 2.45) is 5.92 Å². The van der Waals surface area contributed by atoms with Gasteiger partial charge in [0.15, 0.2) is 0 Å². The number of carbonyl (C=O) groups is 1. The number of piperazine rings is 1. The predicted octanol–water partition coefficient (Wildman–Crippen LogP) is 0.853. The lowest BCUT2D eigenvalue weighted by atomic mass is 10.1. The van der Waals surface area contributed by atoms with Crippen molar-refractivity contribution in [2.75, 3.05) is 19.6 Å². The zero-order valence-corrected chi connectivity index (χ0v) is 8.84. The monoisotopic (exact) mass is 184 g/mol. The van der Waals surface area contributed by atoms with Gasteiger partial charge in [-0.1, -0.05) is 13.8 Å². The standard InChI is InChI=1S/C10H20N2O/c1-4-8(2)10(13)12-6-5-11-9(3)7-12/h8-9,11H,4-7H2,1-3H3/t8-,9+/m1/s1. The van der Waals surface area contributed by atoms with E-state index in [1.54, 1.807) is 0 Å². The van der Waals surface area contributed by atoms with Crippen molar-refractivity contribution in [3.8, 4) is 0 Å². The summed E-state index contributed by atoms with van der Waals surface area (Å²) in [6.07, 6.45) is 0.942. The molecule has 1 heterocycles. The van der Waals surface area contributed by atoms with Crippen LogP contribution < -0.4 is 5.32 Å². The van der Waals surface area contributed by atoms with Gasteiger partial charge in [-0.2, -0.15) is 0 Å². The molecule has 0 saturated carbocycles. The summed E-state index contributed by atoms with van der Waals surface area (Å²) in [5.74, 6) is 0.501. The molecule has 3 nitrogen and oxygen atoms in total. The highest BCUT2D eigenvalue weighted by Crippen LogP contribution is 2.08. The molecule has 3 heteroatoms. The molecule has 1 saturated heterocycles. The average Bonchev–Trinajstić information content (AvgIpc) is 2.15. The lowest BCUT2D eigenvalue weighted by Gasteiger charge is -2.33. The topological polar surface area (TPSA) is 32.3 Å². The third kappa shape index (κ3) is 2.69. The Labute approximate surface area is 80.5 Å². The zero-order valence-electron chi connectivity index (χ0n) is 8.84. The van der Waals surface area contributed by atoms with Gasteiger partial charge in [-0.15, -0.1) is 0 Å². The van der Waals surface area contributed by atoms with Crippen LogP contribution in [0.1, 0.15) is 27.2 Å². The van der Waals surface area contributed by atoms with Crippen molar-refractivity contribution >= 4 is 5.91 Å². The molecule has 0 spiro atoms. The van der Waals surface area contributed by atoms with E-state index >= 15 is 0 Å². The van der Waals surface area contributed by atoms with E-state index in [0.717, 1.165) is 26.1 Å². The second kappa shape index (κ2) is 4.61. The Morgan fingerprint density at radius 2 is 2.38 bits per heavy atom. The van der Waals surface area contributed by atoms with Crippen LogP contribution in [-0.2, 0) is 4.79 Å². The Bertz CT molecular complexity index is 182. The maximum absolute atomic E-state index is 11.8. The summed E-state index contributed by atoms with van der Waals surface area (Å²) >= 11 is 0. The van der Waals surface area contributed by atoms with E-state index < -0.39 is 0 Å². The van der Waals surface area contributed by atoms with E-state index in [-0.39, 0.29) is 5.92 Å². The molecule has 0 aromatic carbocycles. The van der Waals surface area contributed by atoms with Gasteiger partial charge in [0.05, 0.1) is 0 Å². The molecular formula is C10H20N2O. The molecule has 2 atom stereocenters. The van der Waals surface area contributed by atoms with Crippen molar-refractivity contribution in [1.29, 1.82) is 0 Å². The molecule has 0 aliphatic carbocycles. The molecule has 1 fully saturated rings. The summed E-state index contributed by atoms with van der Waals surface area (Å²) in [4.78, 5) is 13.8. The Hall–Kier alpha value is -0.570. The van der Waals surface area contributed by atoms with Gasteiger partial charge < -0.3 is 10.2 Å². The largest absolute Gasteiger partial charge is 0.340 e. The van der Waals surface area contributed by atoms with Crippen molar-refractivity contribution in [1.82, 2.24) is 10.2 Å². The number of hydrogen-bond donors (Lipinski definition) is 1. The van der Waals surface area contributed by atoms with Crippen LogP contribution in [0, 0.1) is 5.92 Å². The van der Waals surface area contributed by atoms with E-state index in [9.17, 15) is 4.79 Å². The van der Waals surface area contributed by atoms with Crippen LogP contribution in [0.4, 0.5) is 0 Å². The SMILES string of the molecule is CC[C@@H](C)C(=O)N1CCN[C@@H](C)C1. The summed E-state index contributed by atoms with van der Waals surface area (Å²) in [6.45, 7) is 8.86. The fraction of sp³-hybridized carbons (Fsp3) is 0.900. The van der Waals surface area contributed by atoms with Crippen molar-refractivity contribution < 1.29 is 4.79 Å². The van der Waals surface area contributed by atoms with Crippen LogP contribution in [0.15, 0.2) is 0 Å². The molecule has 0 radical (unpaired) electrons. The second-order valence-electron chi connectivity index (χ2n) is 3.95. The normalized spacial score (nSPS) is 25.8. The van der Waals surface area contributed by atoms with Crippen LogP contribution in [0.2, 0.25) is 0 Å². The number of nitrogens with zero attached hydrogens (tertiary/aromatic N) is 1. The first-order valence-electron chi connectivity index (χ1n) is 5.17. The highest BCUT2D eigenvalue weighted by molar-refractivity contribution is 5.78. The highest BCUT2D eigenvalue weighted by atomic mass is 16.2. The number of amides is 1. The summed E-state index contributed by atoms with van der Waals surface area (Å²) in [6, 6.07) is 0.446. The fourth-order valence-corrected chi connectivity index (χ4v) is 1.62.